The Morgan fingerprint density at radius 3 is 2.38 bits per heavy atom. The molecule has 0 heterocycles. The highest BCUT2D eigenvalue weighted by molar-refractivity contribution is 5.78. The molecule has 1 aliphatic rings. The molecular weight excluding hydrogens is 260 g/mol. The van der Waals surface area contributed by atoms with E-state index in [1.165, 1.54) is 31.2 Å². The first-order chi connectivity index (χ1) is 10.2. The SMILES string of the molecule is CCN(CC)CC(=O)NC(c1ccccc1)C1CCCC1. The highest BCUT2D eigenvalue weighted by atomic mass is 16.2. The molecule has 1 N–H and O–H groups in total. The predicted molar refractivity (Wildman–Crippen MR) is 87.1 cm³/mol. The van der Waals surface area contributed by atoms with Crippen molar-refractivity contribution in [3.8, 4) is 0 Å². The van der Waals surface area contributed by atoms with Gasteiger partial charge < -0.3 is 5.32 Å². The fourth-order valence-electron chi connectivity index (χ4n) is 3.29. The van der Waals surface area contributed by atoms with E-state index in [1.54, 1.807) is 0 Å². The van der Waals surface area contributed by atoms with E-state index in [1.807, 2.05) is 6.07 Å². The Balaban J connectivity index is 2.04. The fraction of sp³-hybridized carbons (Fsp3) is 0.611. The van der Waals surface area contributed by atoms with Gasteiger partial charge in [0.05, 0.1) is 12.6 Å². The van der Waals surface area contributed by atoms with Crippen LogP contribution in [0.2, 0.25) is 0 Å². The summed E-state index contributed by atoms with van der Waals surface area (Å²) in [5.41, 5.74) is 1.25. The molecule has 1 amide bonds. The largest absolute Gasteiger partial charge is 0.348 e. The maximum atomic E-state index is 12.4. The third kappa shape index (κ3) is 4.57. The molecule has 2 rings (SSSR count). The molecule has 1 aliphatic carbocycles. The lowest BCUT2D eigenvalue weighted by Gasteiger charge is -2.27. The molecule has 1 aromatic carbocycles. The predicted octanol–water partition coefficient (Wildman–Crippen LogP) is 3.38. The van der Waals surface area contributed by atoms with Gasteiger partial charge in [-0.05, 0) is 37.4 Å². The Kier molecular flexibility index (Phi) is 6.24. The Hall–Kier alpha value is -1.35. The number of likely N-dealkylation sites (N-methyl/N-ethyl adjacent to an activating group) is 1. The molecule has 0 aliphatic heterocycles. The van der Waals surface area contributed by atoms with Gasteiger partial charge in [-0.3, -0.25) is 9.69 Å². The van der Waals surface area contributed by atoms with Crippen molar-refractivity contribution in [3.05, 3.63) is 35.9 Å². The first kappa shape index (κ1) is 16.0. The molecule has 0 aromatic heterocycles. The van der Waals surface area contributed by atoms with Gasteiger partial charge in [0, 0.05) is 0 Å². The Morgan fingerprint density at radius 1 is 1.19 bits per heavy atom. The average molecular weight is 288 g/mol. The molecule has 3 heteroatoms. The standard InChI is InChI=1S/C18H28N2O/c1-3-20(4-2)14-17(21)19-18(16-12-8-9-13-16)15-10-6-5-7-11-15/h5-7,10-11,16,18H,3-4,8-9,12-14H2,1-2H3,(H,19,21). The zero-order chi connectivity index (χ0) is 15.1. The third-order valence-electron chi connectivity index (χ3n) is 4.61. The highest BCUT2D eigenvalue weighted by Crippen LogP contribution is 2.35. The van der Waals surface area contributed by atoms with Crippen LogP contribution in [0.15, 0.2) is 30.3 Å². The number of benzene rings is 1. The minimum atomic E-state index is 0.152. The second-order valence-corrected chi connectivity index (χ2v) is 5.96. The molecule has 21 heavy (non-hydrogen) atoms. The normalized spacial score (nSPS) is 17.1. The molecule has 116 valence electrons. The summed E-state index contributed by atoms with van der Waals surface area (Å²) >= 11 is 0. The molecule has 1 fully saturated rings. The van der Waals surface area contributed by atoms with Crippen LogP contribution in [0, 0.1) is 5.92 Å². The summed E-state index contributed by atoms with van der Waals surface area (Å²) < 4.78 is 0. The number of rotatable bonds is 7. The van der Waals surface area contributed by atoms with E-state index in [4.69, 9.17) is 0 Å². The zero-order valence-corrected chi connectivity index (χ0v) is 13.3. The van der Waals surface area contributed by atoms with Crippen LogP contribution in [0.3, 0.4) is 0 Å². The summed E-state index contributed by atoms with van der Waals surface area (Å²) in [7, 11) is 0. The summed E-state index contributed by atoms with van der Waals surface area (Å²) in [6.45, 7) is 6.54. The van der Waals surface area contributed by atoms with E-state index in [0.717, 1.165) is 13.1 Å². The first-order valence-electron chi connectivity index (χ1n) is 8.31. The summed E-state index contributed by atoms with van der Waals surface area (Å²) in [6, 6.07) is 10.6. The van der Waals surface area contributed by atoms with Crippen molar-refractivity contribution in [2.24, 2.45) is 5.92 Å². The maximum Gasteiger partial charge on any atom is 0.234 e. The number of carbonyl (C=O) groups is 1. The van der Waals surface area contributed by atoms with Crippen LogP contribution in [0.1, 0.15) is 51.1 Å². The Morgan fingerprint density at radius 2 is 1.81 bits per heavy atom. The topological polar surface area (TPSA) is 32.3 Å². The van der Waals surface area contributed by atoms with Gasteiger partial charge in [-0.1, -0.05) is 57.0 Å². The van der Waals surface area contributed by atoms with Gasteiger partial charge in [0.15, 0.2) is 0 Å². The monoisotopic (exact) mass is 288 g/mol. The van der Waals surface area contributed by atoms with Crippen molar-refractivity contribution in [1.82, 2.24) is 10.2 Å². The molecule has 3 nitrogen and oxygen atoms in total. The maximum absolute atomic E-state index is 12.4. The zero-order valence-electron chi connectivity index (χ0n) is 13.3. The van der Waals surface area contributed by atoms with Crippen LogP contribution in [0.4, 0.5) is 0 Å². The number of hydrogen-bond acceptors (Lipinski definition) is 2. The molecule has 1 saturated carbocycles. The van der Waals surface area contributed by atoms with Gasteiger partial charge in [0.1, 0.15) is 0 Å². The van der Waals surface area contributed by atoms with E-state index in [0.29, 0.717) is 12.5 Å². The minimum Gasteiger partial charge on any atom is -0.348 e. The third-order valence-corrected chi connectivity index (χ3v) is 4.61. The first-order valence-corrected chi connectivity index (χ1v) is 8.31. The summed E-state index contributed by atoms with van der Waals surface area (Å²) in [4.78, 5) is 14.5. The van der Waals surface area contributed by atoms with Crippen LogP contribution in [0.5, 0.6) is 0 Å². The van der Waals surface area contributed by atoms with Crippen LogP contribution in [-0.4, -0.2) is 30.4 Å². The average Bonchev–Trinajstić information content (AvgIpc) is 3.05. The molecule has 0 bridgehead atoms. The number of carbonyl (C=O) groups excluding carboxylic acids is 1. The lowest BCUT2D eigenvalue weighted by atomic mass is 9.91. The molecule has 1 atom stereocenters. The van der Waals surface area contributed by atoms with E-state index in [-0.39, 0.29) is 11.9 Å². The number of hydrogen-bond donors (Lipinski definition) is 1. The highest BCUT2D eigenvalue weighted by Gasteiger charge is 2.27. The van der Waals surface area contributed by atoms with Gasteiger partial charge in [-0.25, -0.2) is 0 Å². The van der Waals surface area contributed by atoms with Gasteiger partial charge in [0.2, 0.25) is 5.91 Å². The van der Waals surface area contributed by atoms with Crippen molar-refractivity contribution in [3.63, 3.8) is 0 Å². The lowest BCUT2D eigenvalue weighted by Crippen LogP contribution is -2.40. The quantitative estimate of drug-likeness (QED) is 0.834. The van der Waals surface area contributed by atoms with E-state index < -0.39 is 0 Å². The van der Waals surface area contributed by atoms with E-state index in [9.17, 15) is 4.79 Å². The van der Waals surface area contributed by atoms with Crippen molar-refractivity contribution in [1.29, 1.82) is 0 Å². The summed E-state index contributed by atoms with van der Waals surface area (Å²) in [5.74, 6) is 0.743. The summed E-state index contributed by atoms with van der Waals surface area (Å²) in [5, 5.41) is 3.29. The molecule has 1 aromatic rings. The van der Waals surface area contributed by atoms with Crippen LogP contribution in [-0.2, 0) is 4.79 Å². The number of nitrogens with one attached hydrogen (secondary N) is 1. The molecule has 0 spiro atoms. The van der Waals surface area contributed by atoms with Crippen LogP contribution >= 0.6 is 0 Å². The van der Waals surface area contributed by atoms with E-state index in [2.05, 4.69) is 48.3 Å². The molecule has 0 radical (unpaired) electrons. The van der Waals surface area contributed by atoms with Crippen LogP contribution < -0.4 is 5.32 Å². The van der Waals surface area contributed by atoms with Crippen molar-refractivity contribution in [2.75, 3.05) is 19.6 Å². The lowest BCUT2D eigenvalue weighted by molar-refractivity contribution is -0.123. The van der Waals surface area contributed by atoms with Crippen molar-refractivity contribution in [2.45, 2.75) is 45.6 Å². The van der Waals surface area contributed by atoms with E-state index >= 15 is 0 Å². The second-order valence-electron chi connectivity index (χ2n) is 5.96. The molecular formula is C18H28N2O. The van der Waals surface area contributed by atoms with Gasteiger partial charge >= 0.3 is 0 Å². The van der Waals surface area contributed by atoms with Crippen molar-refractivity contribution < 1.29 is 4.79 Å². The molecule has 0 saturated heterocycles. The Labute approximate surface area is 128 Å². The second kappa shape index (κ2) is 8.18. The fourth-order valence-corrected chi connectivity index (χ4v) is 3.29. The van der Waals surface area contributed by atoms with Gasteiger partial charge in [-0.15, -0.1) is 0 Å². The van der Waals surface area contributed by atoms with Crippen LogP contribution in [0.25, 0.3) is 0 Å². The summed E-state index contributed by atoms with van der Waals surface area (Å²) in [6.07, 6.45) is 5.04. The number of nitrogens with zero attached hydrogens (tertiary/aromatic N) is 1. The van der Waals surface area contributed by atoms with Gasteiger partial charge in [0.25, 0.3) is 0 Å². The molecule has 1 unspecified atom stereocenters. The number of amides is 1. The minimum absolute atomic E-state index is 0.152. The van der Waals surface area contributed by atoms with Crippen molar-refractivity contribution >= 4 is 5.91 Å². The Bertz CT molecular complexity index is 422. The van der Waals surface area contributed by atoms with Gasteiger partial charge in [-0.2, -0.15) is 0 Å². The smallest absolute Gasteiger partial charge is 0.234 e.